The van der Waals surface area contributed by atoms with Crippen molar-refractivity contribution in [1.82, 2.24) is 10.3 Å². The van der Waals surface area contributed by atoms with E-state index in [1.54, 1.807) is 47.5 Å². The number of rotatable bonds is 12. The lowest BCUT2D eigenvalue weighted by atomic mass is 9.86. The highest BCUT2D eigenvalue weighted by Crippen LogP contribution is 2.38. The molecule has 1 aromatic heterocycles. The van der Waals surface area contributed by atoms with Gasteiger partial charge in [0.25, 0.3) is 5.91 Å². The molecule has 0 aliphatic carbocycles. The van der Waals surface area contributed by atoms with Crippen molar-refractivity contribution in [3.8, 4) is 34.5 Å². The molecular formula is C29H34N2O9. The molecule has 2 aromatic carbocycles. The number of nitrogens with zero attached hydrogens (tertiary/aromatic N) is 1. The quantitative estimate of drug-likeness (QED) is 0.319. The van der Waals surface area contributed by atoms with E-state index in [1.807, 2.05) is 24.3 Å². The van der Waals surface area contributed by atoms with Crippen LogP contribution in [0.25, 0.3) is 0 Å². The van der Waals surface area contributed by atoms with E-state index in [9.17, 15) is 14.7 Å². The first-order valence-electron chi connectivity index (χ1n) is 12.3. The first-order valence-corrected chi connectivity index (χ1v) is 12.3. The van der Waals surface area contributed by atoms with Gasteiger partial charge in [0.05, 0.1) is 35.5 Å². The third-order valence-corrected chi connectivity index (χ3v) is 6.26. The molecule has 0 bridgehead atoms. The summed E-state index contributed by atoms with van der Waals surface area (Å²) in [5.74, 6) is -0.109. The fourth-order valence-electron chi connectivity index (χ4n) is 4.20. The van der Waals surface area contributed by atoms with Gasteiger partial charge in [0.2, 0.25) is 0 Å². The van der Waals surface area contributed by atoms with E-state index in [-0.39, 0.29) is 11.4 Å². The number of carbonyl (C=O) groups excluding carboxylic acids is 2. The van der Waals surface area contributed by atoms with Crippen LogP contribution in [0.2, 0.25) is 0 Å². The molecule has 0 aliphatic rings. The number of amides is 1. The van der Waals surface area contributed by atoms with Gasteiger partial charge in [-0.15, -0.1) is 0 Å². The summed E-state index contributed by atoms with van der Waals surface area (Å²) >= 11 is 0. The molecule has 3 rings (SSSR count). The Labute approximate surface area is 232 Å². The molecule has 1 amide bonds. The van der Waals surface area contributed by atoms with Gasteiger partial charge in [0, 0.05) is 30.3 Å². The predicted octanol–water partition coefficient (Wildman–Crippen LogP) is 3.71. The third-order valence-electron chi connectivity index (χ3n) is 6.26. The summed E-state index contributed by atoms with van der Waals surface area (Å²) in [4.78, 5) is 29.8. The Morgan fingerprint density at radius 1 is 0.775 bits per heavy atom. The SMILES string of the molecule is COc1cc(OC)cc(C(c2cc(OC)cc(OC)c2)[C@H](C)OC(=O)[C@H](C)NC(=O)c2nccc(OC)c2O)c1. The number of hydrogen-bond acceptors (Lipinski definition) is 10. The maximum absolute atomic E-state index is 13.1. The van der Waals surface area contributed by atoms with E-state index in [0.717, 1.165) is 11.1 Å². The topological polar surface area (TPSA) is 135 Å². The van der Waals surface area contributed by atoms with E-state index >= 15 is 0 Å². The van der Waals surface area contributed by atoms with Crippen LogP contribution in [-0.4, -0.2) is 69.7 Å². The van der Waals surface area contributed by atoms with Gasteiger partial charge in [-0.25, -0.2) is 9.78 Å². The Bertz CT molecular complexity index is 1250. The third kappa shape index (κ3) is 6.85. The highest BCUT2D eigenvalue weighted by molar-refractivity contribution is 5.97. The van der Waals surface area contributed by atoms with Crippen molar-refractivity contribution >= 4 is 11.9 Å². The van der Waals surface area contributed by atoms with E-state index in [2.05, 4.69) is 10.3 Å². The molecule has 0 spiro atoms. The van der Waals surface area contributed by atoms with Crippen LogP contribution in [0.5, 0.6) is 34.5 Å². The highest BCUT2D eigenvalue weighted by Gasteiger charge is 2.30. The fourth-order valence-corrected chi connectivity index (χ4v) is 4.20. The monoisotopic (exact) mass is 554 g/mol. The summed E-state index contributed by atoms with van der Waals surface area (Å²) in [6, 6.07) is 11.1. The minimum Gasteiger partial charge on any atom is -0.503 e. The fraction of sp³-hybridized carbons (Fsp3) is 0.345. The predicted molar refractivity (Wildman–Crippen MR) is 146 cm³/mol. The molecule has 1 heterocycles. The zero-order valence-corrected chi connectivity index (χ0v) is 23.5. The molecule has 0 saturated carbocycles. The molecule has 11 heteroatoms. The van der Waals surface area contributed by atoms with Crippen LogP contribution >= 0.6 is 0 Å². The lowest BCUT2D eigenvalue weighted by Gasteiger charge is -2.27. The average Bonchev–Trinajstić information content (AvgIpc) is 2.96. The molecule has 40 heavy (non-hydrogen) atoms. The first-order chi connectivity index (χ1) is 19.1. The molecule has 11 nitrogen and oxygen atoms in total. The number of aromatic nitrogens is 1. The number of carbonyl (C=O) groups is 2. The Kier molecular flexibility index (Phi) is 10.0. The minimum absolute atomic E-state index is 0.0780. The summed E-state index contributed by atoms with van der Waals surface area (Å²) in [5, 5.41) is 12.8. The van der Waals surface area contributed by atoms with Gasteiger partial charge in [0.15, 0.2) is 17.2 Å². The van der Waals surface area contributed by atoms with Crippen LogP contribution in [0.4, 0.5) is 0 Å². The number of ether oxygens (including phenoxy) is 6. The van der Waals surface area contributed by atoms with Crippen LogP contribution in [0.3, 0.4) is 0 Å². The summed E-state index contributed by atoms with van der Waals surface area (Å²) in [7, 11) is 7.54. The smallest absolute Gasteiger partial charge is 0.328 e. The largest absolute Gasteiger partial charge is 0.503 e. The lowest BCUT2D eigenvalue weighted by Crippen LogP contribution is -2.41. The molecule has 2 N–H and O–H groups in total. The Hall–Kier alpha value is -4.67. The van der Waals surface area contributed by atoms with Gasteiger partial charge in [0.1, 0.15) is 35.1 Å². The van der Waals surface area contributed by atoms with Crippen LogP contribution in [-0.2, 0) is 9.53 Å². The van der Waals surface area contributed by atoms with Crippen molar-refractivity contribution in [2.45, 2.75) is 31.9 Å². The Morgan fingerprint density at radius 2 is 1.25 bits per heavy atom. The number of aromatic hydroxyl groups is 1. The van der Waals surface area contributed by atoms with Gasteiger partial charge < -0.3 is 38.8 Å². The second kappa shape index (κ2) is 13.4. The number of nitrogens with one attached hydrogen (secondary N) is 1. The normalized spacial score (nSPS) is 12.2. The summed E-state index contributed by atoms with van der Waals surface area (Å²) in [5.41, 5.74) is 1.21. The molecular weight excluding hydrogens is 520 g/mol. The molecule has 2 atom stereocenters. The van der Waals surface area contributed by atoms with Crippen LogP contribution in [0.1, 0.15) is 41.4 Å². The number of pyridine rings is 1. The summed E-state index contributed by atoms with van der Waals surface area (Å²) in [6.45, 7) is 3.22. The van der Waals surface area contributed by atoms with Gasteiger partial charge in [-0.2, -0.15) is 0 Å². The van der Waals surface area contributed by atoms with Crippen molar-refractivity contribution < 1.29 is 43.1 Å². The molecule has 0 fully saturated rings. The van der Waals surface area contributed by atoms with Gasteiger partial charge in [-0.1, -0.05) is 0 Å². The molecule has 0 unspecified atom stereocenters. The summed E-state index contributed by atoms with van der Waals surface area (Å²) in [6.07, 6.45) is 0.581. The van der Waals surface area contributed by atoms with Crippen molar-refractivity contribution in [2.75, 3.05) is 35.5 Å². The lowest BCUT2D eigenvalue weighted by molar-refractivity contribution is -0.150. The molecule has 3 aromatic rings. The standard InChI is InChI=1S/C29H34N2O9/c1-16(31-28(33)26-27(32)24(39-7)8-9-30-26)29(34)40-17(2)25(18-10-20(35-3)14-21(11-18)36-4)19-12-22(37-5)15-23(13-19)38-6/h8-17,25,32H,1-7H3,(H,31,33)/t16-,17-/m0/s1. The number of hydrogen-bond donors (Lipinski definition) is 2. The van der Waals surface area contributed by atoms with Gasteiger partial charge in [-0.3, -0.25) is 4.79 Å². The van der Waals surface area contributed by atoms with E-state index in [0.29, 0.717) is 23.0 Å². The second-order valence-electron chi connectivity index (χ2n) is 8.82. The van der Waals surface area contributed by atoms with Crippen molar-refractivity contribution in [1.29, 1.82) is 0 Å². The maximum atomic E-state index is 13.1. The van der Waals surface area contributed by atoms with Crippen LogP contribution < -0.4 is 29.0 Å². The van der Waals surface area contributed by atoms with Gasteiger partial charge >= 0.3 is 5.97 Å². The molecule has 0 saturated heterocycles. The zero-order chi connectivity index (χ0) is 29.4. The van der Waals surface area contributed by atoms with E-state index in [4.69, 9.17) is 28.4 Å². The van der Waals surface area contributed by atoms with E-state index < -0.39 is 35.7 Å². The zero-order valence-electron chi connectivity index (χ0n) is 23.5. The Morgan fingerprint density at radius 3 is 1.68 bits per heavy atom. The Balaban J connectivity index is 1.92. The van der Waals surface area contributed by atoms with Crippen molar-refractivity contribution in [3.63, 3.8) is 0 Å². The maximum Gasteiger partial charge on any atom is 0.328 e. The van der Waals surface area contributed by atoms with E-state index in [1.165, 1.54) is 26.3 Å². The molecule has 214 valence electrons. The second-order valence-corrected chi connectivity index (χ2v) is 8.82. The number of methoxy groups -OCH3 is 5. The molecule has 0 aliphatic heterocycles. The number of benzene rings is 2. The van der Waals surface area contributed by atoms with Crippen molar-refractivity contribution in [3.05, 3.63) is 65.5 Å². The summed E-state index contributed by atoms with van der Waals surface area (Å²) < 4.78 is 32.7. The first kappa shape index (κ1) is 29.9. The van der Waals surface area contributed by atoms with Crippen LogP contribution in [0, 0.1) is 0 Å². The van der Waals surface area contributed by atoms with Crippen LogP contribution in [0.15, 0.2) is 48.7 Å². The molecule has 0 radical (unpaired) electrons. The highest BCUT2D eigenvalue weighted by atomic mass is 16.5. The van der Waals surface area contributed by atoms with Gasteiger partial charge in [-0.05, 0) is 49.2 Å². The number of esters is 1. The van der Waals surface area contributed by atoms with Crippen molar-refractivity contribution in [2.24, 2.45) is 0 Å². The minimum atomic E-state index is -1.07. The average molecular weight is 555 g/mol.